The normalized spacial score (nSPS) is 16.5. The molecule has 2 N–H and O–H groups in total. The Labute approximate surface area is 113 Å². The first-order valence-corrected chi connectivity index (χ1v) is 6.87. The molecule has 0 atom stereocenters. The van der Waals surface area contributed by atoms with E-state index in [0.29, 0.717) is 6.54 Å². The number of carbonyl (C=O) groups is 1. The highest BCUT2D eigenvalue weighted by atomic mass is 35.5. The Hall–Kier alpha value is -1.06. The summed E-state index contributed by atoms with van der Waals surface area (Å²) < 4.78 is 0. The Morgan fingerprint density at radius 1 is 1.33 bits per heavy atom. The maximum Gasteiger partial charge on any atom is 0.223 e. The number of benzene rings is 1. The average molecular weight is 267 g/mol. The summed E-state index contributed by atoms with van der Waals surface area (Å²) in [6, 6.07) is 7.76. The predicted octanol–water partition coefficient (Wildman–Crippen LogP) is 2.00. The van der Waals surface area contributed by atoms with Crippen LogP contribution < -0.4 is 10.6 Å². The van der Waals surface area contributed by atoms with Crippen LogP contribution in [0, 0.1) is 5.92 Å². The fourth-order valence-corrected chi connectivity index (χ4v) is 2.48. The van der Waals surface area contributed by atoms with Crippen LogP contribution in [0.3, 0.4) is 0 Å². The molecule has 0 bridgehead atoms. The summed E-state index contributed by atoms with van der Waals surface area (Å²) in [4.78, 5) is 11.9. The van der Waals surface area contributed by atoms with Gasteiger partial charge in [0, 0.05) is 17.5 Å². The third-order valence-electron chi connectivity index (χ3n) is 3.36. The zero-order chi connectivity index (χ0) is 12.8. The molecule has 1 aromatic rings. The molecule has 1 heterocycles. The topological polar surface area (TPSA) is 41.1 Å². The number of hydrogen-bond donors (Lipinski definition) is 2. The molecule has 1 aromatic carbocycles. The molecule has 1 saturated heterocycles. The molecule has 0 unspecified atom stereocenters. The average Bonchev–Trinajstić information content (AvgIpc) is 2.42. The lowest BCUT2D eigenvalue weighted by atomic mass is 9.97. The van der Waals surface area contributed by atoms with E-state index in [4.69, 9.17) is 11.6 Å². The van der Waals surface area contributed by atoms with E-state index in [2.05, 4.69) is 10.6 Å². The van der Waals surface area contributed by atoms with Gasteiger partial charge in [-0.1, -0.05) is 29.8 Å². The number of piperidine rings is 1. The van der Waals surface area contributed by atoms with Gasteiger partial charge in [-0.05, 0) is 44.0 Å². The molecule has 0 spiro atoms. The second-order valence-electron chi connectivity index (χ2n) is 4.66. The van der Waals surface area contributed by atoms with E-state index >= 15 is 0 Å². The Morgan fingerprint density at radius 3 is 2.78 bits per heavy atom. The number of nitrogens with one attached hydrogen (secondary N) is 2. The predicted molar refractivity (Wildman–Crippen MR) is 73.8 cm³/mol. The maximum absolute atomic E-state index is 11.9. The first-order chi connectivity index (χ1) is 8.77. The van der Waals surface area contributed by atoms with Gasteiger partial charge in [-0.25, -0.2) is 0 Å². The van der Waals surface area contributed by atoms with Gasteiger partial charge in [-0.15, -0.1) is 0 Å². The fourth-order valence-electron chi connectivity index (χ4n) is 2.25. The van der Waals surface area contributed by atoms with Crippen LogP contribution in [-0.2, 0) is 11.2 Å². The van der Waals surface area contributed by atoms with Crippen molar-refractivity contribution in [3.63, 3.8) is 0 Å². The Balaban J connectivity index is 1.75. The van der Waals surface area contributed by atoms with Crippen molar-refractivity contribution in [1.82, 2.24) is 10.6 Å². The van der Waals surface area contributed by atoms with Crippen molar-refractivity contribution in [1.29, 1.82) is 0 Å². The van der Waals surface area contributed by atoms with Crippen molar-refractivity contribution in [3.8, 4) is 0 Å². The molecular weight excluding hydrogens is 248 g/mol. The fraction of sp³-hybridized carbons (Fsp3) is 0.500. The highest BCUT2D eigenvalue weighted by Crippen LogP contribution is 2.15. The molecule has 1 amide bonds. The summed E-state index contributed by atoms with van der Waals surface area (Å²) in [6.45, 7) is 2.55. The zero-order valence-corrected chi connectivity index (χ0v) is 11.2. The van der Waals surface area contributed by atoms with E-state index in [1.807, 2.05) is 24.3 Å². The summed E-state index contributed by atoms with van der Waals surface area (Å²) in [5, 5.41) is 7.04. The first-order valence-electron chi connectivity index (χ1n) is 6.49. The van der Waals surface area contributed by atoms with Gasteiger partial charge in [0.05, 0.1) is 0 Å². The van der Waals surface area contributed by atoms with Gasteiger partial charge in [-0.3, -0.25) is 4.79 Å². The van der Waals surface area contributed by atoms with Gasteiger partial charge in [0.25, 0.3) is 0 Å². The van der Waals surface area contributed by atoms with Crippen LogP contribution in [0.4, 0.5) is 0 Å². The van der Waals surface area contributed by atoms with Crippen LogP contribution in [0.5, 0.6) is 0 Å². The Morgan fingerprint density at radius 2 is 2.06 bits per heavy atom. The van der Waals surface area contributed by atoms with Crippen molar-refractivity contribution in [3.05, 3.63) is 34.9 Å². The number of rotatable bonds is 4. The number of halogens is 1. The van der Waals surface area contributed by atoms with Crippen molar-refractivity contribution in [2.75, 3.05) is 19.6 Å². The van der Waals surface area contributed by atoms with Gasteiger partial charge >= 0.3 is 0 Å². The molecule has 1 fully saturated rings. The van der Waals surface area contributed by atoms with Crippen LogP contribution >= 0.6 is 11.6 Å². The lowest BCUT2D eigenvalue weighted by Crippen LogP contribution is -2.38. The highest BCUT2D eigenvalue weighted by Gasteiger charge is 2.20. The third-order valence-corrected chi connectivity index (χ3v) is 3.73. The molecule has 0 radical (unpaired) electrons. The van der Waals surface area contributed by atoms with E-state index in [1.165, 1.54) is 0 Å². The molecule has 0 aromatic heterocycles. The minimum Gasteiger partial charge on any atom is -0.356 e. The van der Waals surface area contributed by atoms with Gasteiger partial charge in [0.15, 0.2) is 0 Å². The zero-order valence-electron chi connectivity index (χ0n) is 10.4. The smallest absolute Gasteiger partial charge is 0.223 e. The van der Waals surface area contributed by atoms with Crippen LogP contribution in [-0.4, -0.2) is 25.5 Å². The van der Waals surface area contributed by atoms with Gasteiger partial charge in [0.1, 0.15) is 0 Å². The van der Waals surface area contributed by atoms with Gasteiger partial charge in [0.2, 0.25) is 5.91 Å². The van der Waals surface area contributed by atoms with Crippen molar-refractivity contribution < 1.29 is 4.79 Å². The van der Waals surface area contributed by atoms with E-state index in [0.717, 1.165) is 42.9 Å². The van der Waals surface area contributed by atoms with E-state index in [-0.39, 0.29) is 11.8 Å². The summed E-state index contributed by atoms with van der Waals surface area (Å²) >= 11 is 6.07. The molecule has 18 heavy (non-hydrogen) atoms. The summed E-state index contributed by atoms with van der Waals surface area (Å²) in [5.41, 5.74) is 1.09. The van der Waals surface area contributed by atoms with Gasteiger partial charge < -0.3 is 10.6 Å². The van der Waals surface area contributed by atoms with Crippen molar-refractivity contribution in [2.24, 2.45) is 5.92 Å². The number of amides is 1. The minimum atomic E-state index is 0.178. The summed E-state index contributed by atoms with van der Waals surface area (Å²) in [6.07, 6.45) is 2.67. The molecule has 1 aliphatic rings. The summed E-state index contributed by atoms with van der Waals surface area (Å²) in [7, 11) is 0. The van der Waals surface area contributed by atoms with Crippen LogP contribution in [0.2, 0.25) is 5.02 Å². The van der Waals surface area contributed by atoms with Crippen LogP contribution in [0.15, 0.2) is 24.3 Å². The first kappa shape index (κ1) is 13.4. The van der Waals surface area contributed by atoms with Crippen molar-refractivity contribution in [2.45, 2.75) is 19.3 Å². The lowest BCUT2D eigenvalue weighted by molar-refractivity contribution is -0.125. The summed E-state index contributed by atoms with van der Waals surface area (Å²) in [5.74, 6) is 0.362. The van der Waals surface area contributed by atoms with E-state index in [9.17, 15) is 4.79 Å². The second-order valence-corrected chi connectivity index (χ2v) is 5.06. The molecule has 1 aliphatic heterocycles. The molecule has 0 aliphatic carbocycles. The third kappa shape index (κ3) is 3.72. The second kappa shape index (κ2) is 6.76. The molecule has 2 rings (SSSR count). The molecular formula is C14H19ClN2O. The quantitative estimate of drug-likeness (QED) is 0.875. The standard InChI is InChI=1S/C14H19ClN2O/c15-13-4-2-1-3-11(13)7-10-17-14(18)12-5-8-16-9-6-12/h1-4,12,16H,5-10H2,(H,17,18). The number of hydrogen-bond acceptors (Lipinski definition) is 2. The van der Waals surface area contributed by atoms with Crippen LogP contribution in [0.1, 0.15) is 18.4 Å². The monoisotopic (exact) mass is 266 g/mol. The number of carbonyl (C=O) groups excluding carboxylic acids is 1. The van der Waals surface area contributed by atoms with Gasteiger partial charge in [-0.2, -0.15) is 0 Å². The van der Waals surface area contributed by atoms with E-state index in [1.54, 1.807) is 0 Å². The molecule has 3 nitrogen and oxygen atoms in total. The van der Waals surface area contributed by atoms with Crippen LogP contribution in [0.25, 0.3) is 0 Å². The maximum atomic E-state index is 11.9. The largest absolute Gasteiger partial charge is 0.356 e. The Bertz CT molecular complexity index is 403. The Kier molecular flexibility index (Phi) is 5.02. The molecule has 0 saturated carbocycles. The van der Waals surface area contributed by atoms with E-state index < -0.39 is 0 Å². The molecule has 4 heteroatoms. The van der Waals surface area contributed by atoms with Crippen molar-refractivity contribution >= 4 is 17.5 Å². The lowest BCUT2D eigenvalue weighted by Gasteiger charge is -2.21. The molecule has 98 valence electrons. The minimum absolute atomic E-state index is 0.178. The highest BCUT2D eigenvalue weighted by molar-refractivity contribution is 6.31. The SMILES string of the molecule is O=C(NCCc1ccccc1Cl)C1CCNCC1.